The molecule has 0 bridgehead atoms. The predicted molar refractivity (Wildman–Crippen MR) is 58.3 cm³/mol. The molecule has 86 valence electrons. The Morgan fingerprint density at radius 3 is 2.60 bits per heavy atom. The number of hydrogen-bond acceptors (Lipinski definition) is 3. The van der Waals surface area contributed by atoms with E-state index in [0.29, 0.717) is 13.0 Å². The first-order valence-electron chi connectivity index (χ1n) is 5.41. The molecule has 3 nitrogen and oxygen atoms in total. The molecular weight excluding hydrogens is 192 g/mol. The van der Waals surface area contributed by atoms with Gasteiger partial charge in [-0.2, -0.15) is 0 Å². The van der Waals surface area contributed by atoms with Gasteiger partial charge in [-0.25, -0.2) is 0 Å². The summed E-state index contributed by atoms with van der Waals surface area (Å²) in [6, 6.07) is 0. The molecule has 1 aliphatic carbocycles. The number of hydrogen-bond donors (Lipinski definition) is 1. The first-order valence-corrected chi connectivity index (χ1v) is 5.41. The van der Waals surface area contributed by atoms with Gasteiger partial charge in [-0.1, -0.05) is 26.8 Å². The fraction of sp³-hybridized carbons (Fsp3) is 0.750. The van der Waals surface area contributed by atoms with E-state index in [2.05, 4.69) is 19.9 Å². The molecule has 0 aromatic carbocycles. The lowest BCUT2D eigenvalue weighted by Gasteiger charge is -2.28. The Labute approximate surface area is 91.1 Å². The van der Waals surface area contributed by atoms with Crippen molar-refractivity contribution < 1.29 is 14.6 Å². The second-order valence-corrected chi connectivity index (χ2v) is 4.80. The van der Waals surface area contributed by atoms with E-state index in [0.717, 1.165) is 5.57 Å². The van der Waals surface area contributed by atoms with Crippen LogP contribution < -0.4 is 0 Å². The zero-order valence-electron chi connectivity index (χ0n) is 9.91. The van der Waals surface area contributed by atoms with Gasteiger partial charge in [0.2, 0.25) is 0 Å². The molecule has 1 aliphatic rings. The summed E-state index contributed by atoms with van der Waals surface area (Å²) in [7, 11) is 0. The predicted octanol–water partition coefficient (Wildman–Crippen LogP) is 1.90. The van der Waals surface area contributed by atoms with Gasteiger partial charge in [0.25, 0.3) is 0 Å². The second kappa shape index (κ2) is 4.35. The van der Waals surface area contributed by atoms with Crippen LogP contribution >= 0.6 is 0 Å². The van der Waals surface area contributed by atoms with E-state index < -0.39 is 6.10 Å². The minimum absolute atomic E-state index is 0.0204. The summed E-state index contributed by atoms with van der Waals surface area (Å²) in [5.74, 6) is -0.226. The molecule has 2 atom stereocenters. The molecule has 0 fully saturated rings. The molecule has 0 amide bonds. The summed E-state index contributed by atoms with van der Waals surface area (Å²) >= 11 is 0. The molecule has 0 saturated heterocycles. The number of rotatable bonds is 3. The normalized spacial score (nSPS) is 28.7. The van der Waals surface area contributed by atoms with Crippen molar-refractivity contribution in [3.05, 3.63) is 11.6 Å². The van der Waals surface area contributed by atoms with Crippen LogP contribution in [0.2, 0.25) is 0 Å². The van der Waals surface area contributed by atoms with Crippen molar-refractivity contribution in [3.63, 3.8) is 0 Å². The molecule has 0 radical (unpaired) electrons. The maximum Gasteiger partial charge on any atom is 0.305 e. The number of carbonyl (C=O) groups is 1. The number of ether oxygens (including phenoxy) is 1. The lowest BCUT2D eigenvalue weighted by Crippen LogP contribution is -2.32. The summed E-state index contributed by atoms with van der Waals surface area (Å²) in [6.45, 7) is 8.08. The molecule has 0 spiro atoms. The van der Waals surface area contributed by atoms with E-state index in [4.69, 9.17) is 4.74 Å². The van der Waals surface area contributed by atoms with Crippen molar-refractivity contribution >= 4 is 5.97 Å². The summed E-state index contributed by atoms with van der Waals surface area (Å²) in [4.78, 5) is 11.0. The maximum absolute atomic E-state index is 11.0. The van der Waals surface area contributed by atoms with Crippen molar-refractivity contribution in [3.8, 4) is 0 Å². The van der Waals surface area contributed by atoms with Crippen molar-refractivity contribution in [2.75, 3.05) is 6.61 Å². The highest BCUT2D eigenvalue weighted by atomic mass is 16.5. The van der Waals surface area contributed by atoms with Crippen molar-refractivity contribution in [2.24, 2.45) is 11.3 Å². The van der Waals surface area contributed by atoms with E-state index in [1.807, 2.05) is 6.92 Å². The summed E-state index contributed by atoms with van der Waals surface area (Å²) < 4.78 is 5.10. The fourth-order valence-electron chi connectivity index (χ4n) is 2.09. The van der Waals surface area contributed by atoms with Crippen molar-refractivity contribution in [2.45, 2.75) is 40.2 Å². The maximum atomic E-state index is 11.0. The Balaban J connectivity index is 2.60. The summed E-state index contributed by atoms with van der Waals surface area (Å²) in [5, 5.41) is 9.92. The van der Waals surface area contributed by atoms with Crippen LogP contribution in [0.15, 0.2) is 11.6 Å². The van der Waals surface area contributed by atoms with E-state index in [9.17, 15) is 9.90 Å². The lowest BCUT2D eigenvalue weighted by atomic mass is 9.81. The average molecular weight is 212 g/mol. The fourth-order valence-corrected chi connectivity index (χ4v) is 2.09. The van der Waals surface area contributed by atoms with Gasteiger partial charge in [0.1, 0.15) is 0 Å². The number of esters is 1. The van der Waals surface area contributed by atoms with Gasteiger partial charge in [-0.3, -0.25) is 4.79 Å². The minimum Gasteiger partial charge on any atom is -0.465 e. The molecule has 15 heavy (non-hydrogen) atoms. The number of aliphatic hydroxyl groups is 1. The monoisotopic (exact) mass is 212 g/mol. The van der Waals surface area contributed by atoms with Crippen LogP contribution in [0.25, 0.3) is 0 Å². The molecule has 1 rings (SSSR count). The largest absolute Gasteiger partial charge is 0.465 e. The van der Waals surface area contributed by atoms with Gasteiger partial charge in [-0.15, -0.1) is 0 Å². The van der Waals surface area contributed by atoms with Gasteiger partial charge in [0.05, 0.1) is 12.7 Å². The smallest absolute Gasteiger partial charge is 0.305 e. The Morgan fingerprint density at radius 2 is 2.20 bits per heavy atom. The molecule has 0 aromatic rings. The molecule has 0 saturated carbocycles. The quantitative estimate of drug-likeness (QED) is 0.574. The van der Waals surface area contributed by atoms with Crippen LogP contribution in [0.1, 0.15) is 34.1 Å². The van der Waals surface area contributed by atoms with Crippen LogP contribution in [0.4, 0.5) is 0 Å². The van der Waals surface area contributed by atoms with Gasteiger partial charge in [0.15, 0.2) is 0 Å². The topological polar surface area (TPSA) is 46.5 Å². The number of allylic oxidation sites excluding steroid dienone is 1. The van der Waals surface area contributed by atoms with E-state index >= 15 is 0 Å². The zero-order chi connectivity index (χ0) is 11.6. The molecule has 0 aliphatic heterocycles. The van der Waals surface area contributed by atoms with Crippen LogP contribution in [-0.2, 0) is 9.53 Å². The third-order valence-corrected chi connectivity index (χ3v) is 3.12. The Bertz CT molecular complexity index is 279. The van der Waals surface area contributed by atoms with E-state index in [1.54, 1.807) is 6.92 Å². The van der Waals surface area contributed by atoms with Crippen molar-refractivity contribution in [1.29, 1.82) is 0 Å². The highest BCUT2D eigenvalue weighted by Crippen LogP contribution is 2.41. The zero-order valence-corrected chi connectivity index (χ0v) is 9.91. The minimum atomic E-state index is -0.482. The van der Waals surface area contributed by atoms with Crippen LogP contribution in [-0.4, -0.2) is 23.8 Å². The summed E-state index contributed by atoms with van der Waals surface area (Å²) in [5.41, 5.74) is 0.870. The van der Waals surface area contributed by atoms with Gasteiger partial charge >= 0.3 is 5.97 Å². The Morgan fingerprint density at radius 1 is 1.60 bits per heavy atom. The van der Waals surface area contributed by atoms with Crippen molar-refractivity contribution in [1.82, 2.24) is 0 Å². The van der Waals surface area contributed by atoms with Gasteiger partial charge < -0.3 is 9.84 Å². The highest BCUT2D eigenvalue weighted by molar-refractivity contribution is 5.68. The van der Waals surface area contributed by atoms with Crippen LogP contribution in [0.3, 0.4) is 0 Å². The molecule has 0 heterocycles. The molecule has 0 unspecified atom stereocenters. The first-order chi connectivity index (χ1) is 6.88. The lowest BCUT2D eigenvalue weighted by molar-refractivity contribution is -0.146. The van der Waals surface area contributed by atoms with Crippen LogP contribution in [0, 0.1) is 11.3 Å². The van der Waals surface area contributed by atoms with E-state index in [1.165, 1.54) is 0 Å². The molecule has 3 heteroatoms. The number of aliphatic hydroxyl groups excluding tert-OH is 1. The first kappa shape index (κ1) is 12.2. The van der Waals surface area contributed by atoms with Gasteiger partial charge in [0, 0.05) is 12.3 Å². The molecular formula is C12H20O3. The highest BCUT2D eigenvalue weighted by Gasteiger charge is 2.40. The average Bonchev–Trinajstić information content (AvgIpc) is 2.34. The third kappa shape index (κ3) is 2.59. The van der Waals surface area contributed by atoms with Crippen LogP contribution in [0.5, 0.6) is 0 Å². The standard InChI is InChI=1S/C12H20O3/c1-5-10(13)15-7-9-11(14)8(2)6-12(9,3)4/h6,9,11,14H,5,7H2,1-4H3/t9-,11-/m0/s1. The van der Waals surface area contributed by atoms with Gasteiger partial charge in [-0.05, 0) is 17.9 Å². The second-order valence-electron chi connectivity index (χ2n) is 4.80. The third-order valence-electron chi connectivity index (χ3n) is 3.12. The Hall–Kier alpha value is -0.830. The van der Waals surface area contributed by atoms with E-state index in [-0.39, 0.29) is 17.3 Å². The molecule has 1 N–H and O–H groups in total. The SMILES string of the molecule is CCC(=O)OC[C@H]1[C@@H](O)C(C)=CC1(C)C. The Kier molecular flexibility index (Phi) is 3.55. The molecule has 0 aromatic heterocycles. The summed E-state index contributed by atoms with van der Waals surface area (Å²) in [6.07, 6.45) is 1.96. The number of carbonyl (C=O) groups excluding carboxylic acids is 1.